The summed E-state index contributed by atoms with van der Waals surface area (Å²) in [7, 11) is 0. The van der Waals surface area contributed by atoms with E-state index in [4.69, 9.17) is 5.26 Å². The molecule has 1 aromatic heterocycles. The number of pyridine rings is 1. The average Bonchev–Trinajstić information content (AvgIpc) is 2.47. The molecule has 106 valence electrons. The zero-order valence-corrected chi connectivity index (χ0v) is 11.7. The molecule has 0 aliphatic heterocycles. The molecule has 0 spiro atoms. The smallest absolute Gasteiger partial charge is 0.228 e. The van der Waals surface area contributed by atoms with Crippen molar-refractivity contribution in [3.8, 4) is 17.2 Å². The molecule has 0 bridgehead atoms. The highest BCUT2D eigenvalue weighted by Crippen LogP contribution is 2.22. The van der Waals surface area contributed by atoms with Gasteiger partial charge in [0.15, 0.2) is 0 Å². The molecule has 21 heavy (non-hydrogen) atoms. The first kappa shape index (κ1) is 14.7. The molecule has 0 aliphatic carbocycles. The summed E-state index contributed by atoms with van der Waals surface area (Å²) in [6, 6.07) is 9.38. The summed E-state index contributed by atoms with van der Waals surface area (Å²) in [4.78, 5) is 15.7. The summed E-state index contributed by atoms with van der Waals surface area (Å²) in [5, 5.41) is 11.5. The van der Waals surface area contributed by atoms with Crippen molar-refractivity contribution in [2.45, 2.75) is 13.8 Å². The van der Waals surface area contributed by atoms with Crippen LogP contribution >= 0.6 is 0 Å². The number of carbonyl (C=O) groups excluding carboxylic acids is 1. The molecule has 0 atom stereocenters. The Morgan fingerprint density at radius 2 is 2.05 bits per heavy atom. The minimum atomic E-state index is -0.471. The highest BCUT2D eigenvalue weighted by molar-refractivity contribution is 5.91. The van der Waals surface area contributed by atoms with Crippen molar-refractivity contribution in [2.24, 2.45) is 5.92 Å². The lowest BCUT2D eigenvalue weighted by Gasteiger charge is -2.08. The number of benzene rings is 1. The van der Waals surface area contributed by atoms with Gasteiger partial charge >= 0.3 is 0 Å². The minimum Gasteiger partial charge on any atom is -0.310 e. The predicted octanol–water partition coefficient (Wildman–Crippen LogP) is 3.35. The SMILES string of the molecule is CC(C)C(=O)Nc1ccc(-c2cc(F)cc(C#N)c2)cn1. The lowest BCUT2D eigenvalue weighted by Crippen LogP contribution is -2.18. The van der Waals surface area contributed by atoms with E-state index in [1.807, 2.05) is 6.07 Å². The van der Waals surface area contributed by atoms with Gasteiger partial charge in [-0.2, -0.15) is 5.26 Å². The van der Waals surface area contributed by atoms with Gasteiger partial charge in [-0.25, -0.2) is 9.37 Å². The van der Waals surface area contributed by atoms with E-state index in [2.05, 4.69) is 10.3 Å². The zero-order valence-electron chi connectivity index (χ0n) is 11.7. The number of nitrogens with one attached hydrogen (secondary N) is 1. The van der Waals surface area contributed by atoms with Crippen molar-refractivity contribution >= 4 is 11.7 Å². The molecule has 0 unspecified atom stereocenters. The first-order valence-electron chi connectivity index (χ1n) is 6.47. The van der Waals surface area contributed by atoms with E-state index in [0.29, 0.717) is 16.9 Å². The van der Waals surface area contributed by atoms with Gasteiger partial charge < -0.3 is 5.32 Å². The Balaban J connectivity index is 2.25. The summed E-state index contributed by atoms with van der Waals surface area (Å²) in [6.45, 7) is 3.58. The van der Waals surface area contributed by atoms with Gasteiger partial charge in [-0.15, -0.1) is 0 Å². The second-order valence-corrected chi connectivity index (χ2v) is 4.92. The Kier molecular flexibility index (Phi) is 4.29. The van der Waals surface area contributed by atoms with Gasteiger partial charge in [0.1, 0.15) is 11.6 Å². The standard InChI is InChI=1S/C16H14FN3O/c1-10(2)16(21)20-15-4-3-12(9-19-15)13-5-11(8-18)6-14(17)7-13/h3-7,9-10H,1-2H3,(H,19,20,21). The van der Waals surface area contributed by atoms with Gasteiger partial charge in [0.2, 0.25) is 5.91 Å². The van der Waals surface area contributed by atoms with E-state index >= 15 is 0 Å². The Morgan fingerprint density at radius 1 is 1.29 bits per heavy atom. The first-order chi connectivity index (χ1) is 9.99. The van der Waals surface area contributed by atoms with Gasteiger partial charge in [-0.05, 0) is 35.9 Å². The van der Waals surface area contributed by atoms with E-state index in [9.17, 15) is 9.18 Å². The number of carbonyl (C=O) groups is 1. The van der Waals surface area contributed by atoms with Gasteiger partial charge in [0, 0.05) is 17.7 Å². The largest absolute Gasteiger partial charge is 0.310 e. The van der Waals surface area contributed by atoms with Crippen molar-refractivity contribution in [2.75, 3.05) is 5.32 Å². The maximum atomic E-state index is 13.4. The Bertz CT molecular complexity index is 702. The van der Waals surface area contributed by atoms with Crippen LogP contribution in [-0.4, -0.2) is 10.9 Å². The van der Waals surface area contributed by atoms with Gasteiger partial charge in [-0.3, -0.25) is 4.79 Å². The maximum absolute atomic E-state index is 13.4. The van der Waals surface area contributed by atoms with Crippen LogP contribution in [0.2, 0.25) is 0 Å². The molecule has 1 amide bonds. The van der Waals surface area contributed by atoms with Gasteiger partial charge in [0.05, 0.1) is 11.6 Å². The molecule has 0 saturated heterocycles. The fourth-order valence-electron chi connectivity index (χ4n) is 1.73. The number of nitrogens with zero attached hydrogens (tertiary/aromatic N) is 2. The van der Waals surface area contributed by atoms with Crippen molar-refractivity contribution in [3.05, 3.63) is 47.9 Å². The fraction of sp³-hybridized carbons (Fsp3) is 0.188. The van der Waals surface area contributed by atoms with Crippen LogP contribution in [0.15, 0.2) is 36.5 Å². The third kappa shape index (κ3) is 3.63. The summed E-state index contributed by atoms with van der Waals surface area (Å²) in [5.41, 5.74) is 1.50. The number of hydrogen-bond donors (Lipinski definition) is 1. The lowest BCUT2D eigenvalue weighted by molar-refractivity contribution is -0.118. The van der Waals surface area contributed by atoms with Crippen LogP contribution in [0.25, 0.3) is 11.1 Å². The maximum Gasteiger partial charge on any atom is 0.228 e. The van der Waals surface area contributed by atoms with Crippen LogP contribution in [0, 0.1) is 23.1 Å². The number of aromatic nitrogens is 1. The third-order valence-corrected chi connectivity index (χ3v) is 2.90. The topological polar surface area (TPSA) is 65.8 Å². The van der Waals surface area contributed by atoms with E-state index < -0.39 is 5.82 Å². The molecule has 1 heterocycles. The second kappa shape index (κ2) is 6.14. The highest BCUT2D eigenvalue weighted by Gasteiger charge is 2.08. The van der Waals surface area contributed by atoms with E-state index in [1.54, 1.807) is 32.0 Å². The highest BCUT2D eigenvalue weighted by atomic mass is 19.1. The summed E-state index contributed by atoms with van der Waals surface area (Å²) in [5.74, 6) is -0.281. The van der Waals surface area contributed by atoms with E-state index in [0.717, 1.165) is 0 Å². The molecule has 1 aromatic carbocycles. The van der Waals surface area contributed by atoms with Gasteiger partial charge in [0.25, 0.3) is 0 Å². The Labute approximate surface area is 122 Å². The normalized spacial score (nSPS) is 10.2. The van der Waals surface area contributed by atoms with Gasteiger partial charge in [-0.1, -0.05) is 13.8 Å². The summed E-state index contributed by atoms with van der Waals surface area (Å²) in [6.07, 6.45) is 1.53. The van der Waals surface area contributed by atoms with Crippen LogP contribution in [0.4, 0.5) is 10.2 Å². The number of nitriles is 1. The van der Waals surface area contributed by atoms with Crippen LogP contribution < -0.4 is 5.32 Å². The predicted molar refractivity (Wildman–Crippen MR) is 77.8 cm³/mol. The number of anilines is 1. The lowest BCUT2D eigenvalue weighted by atomic mass is 10.0. The fourth-order valence-corrected chi connectivity index (χ4v) is 1.73. The number of hydrogen-bond acceptors (Lipinski definition) is 3. The number of rotatable bonds is 3. The summed E-state index contributed by atoms with van der Waals surface area (Å²) < 4.78 is 13.4. The molecule has 2 rings (SSSR count). The van der Waals surface area contributed by atoms with Crippen LogP contribution in [-0.2, 0) is 4.79 Å². The molecular weight excluding hydrogens is 269 g/mol. The molecule has 0 aliphatic rings. The molecule has 2 aromatic rings. The second-order valence-electron chi connectivity index (χ2n) is 4.92. The molecular formula is C16H14FN3O. The minimum absolute atomic E-state index is 0.118. The molecule has 0 fully saturated rings. The Morgan fingerprint density at radius 3 is 2.62 bits per heavy atom. The number of amides is 1. The van der Waals surface area contributed by atoms with Crippen LogP contribution in [0.5, 0.6) is 0 Å². The molecule has 5 heteroatoms. The van der Waals surface area contributed by atoms with Crippen molar-refractivity contribution < 1.29 is 9.18 Å². The van der Waals surface area contributed by atoms with Crippen LogP contribution in [0.1, 0.15) is 19.4 Å². The average molecular weight is 283 g/mol. The molecule has 4 nitrogen and oxygen atoms in total. The van der Waals surface area contributed by atoms with Crippen molar-refractivity contribution in [3.63, 3.8) is 0 Å². The molecule has 1 N–H and O–H groups in total. The monoisotopic (exact) mass is 283 g/mol. The quantitative estimate of drug-likeness (QED) is 0.939. The Hall–Kier alpha value is -2.74. The first-order valence-corrected chi connectivity index (χ1v) is 6.47. The molecule has 0 saturated carbocycles. The third-order valence-electron chi connectivity index (χ3n) is 2.90. The van der Waals surface area contributed by atoms with Crippen molar-refractivity contribution in [1.29, 1.82) is 5.26 Å². The zero-order chi connectivity index (χ0) is 15.4. The summed E-state index contributed by atoms with van der Waals surface area (Å²) >= 11 is 0. The van der Waals surface area contributed by atoms with E-state index in [1.165, 1.54) is 18.3 Å². The number of halogens is 1. The van der Waals surface area contributed by atoms with Crippen LogP contribution in [0.3, 0.4) is 0 Å². The molecule has 0 radical (unpaired) electrons. The van der Waals surface area contributed by atoms with Crippen molar-refractivity contribution in [1.82, 2.24) is 4.98 Å². The van der Waals surface area contributed by atoms with E-state index in [-0.39, 0.29) is 17.4 Å².